The van der Waals surface area contributed by atoms with Crippen LogP contribution in [0.25, 0.3) is 0 Å². The number of rotatable bonds is 1. The van der Waals surface area contributed by atoms with E-state index in [1.165, 1.54) is 6.07 Å². The average Bonchev–Trinajstić information content (AvgIpc) is 3.34. The third-order valence-electron chi connectivity index (χ3n) is 6.05. The molecular weight excluding hydrogens is 317 g/mol. The van der Waals surface area contributed by atoms with Gasteiger partial charge in [-0.1, -0.05) is 25.0 Å². The molecule has 128 valence electrons. The standard InChI is InChI=1S/C21H20FNO2/c22-17-4-3-5-18-19(17)21(8-1-2-9-21)13-23(18)20(24)14-6-7-15-11-25-12-16(15)10-14/h3-7,10H,1-2,8-9,11-13H2. The van der Waals surface area contributed by atoms with E-state index < -0.39 is 0 Å². The van der Waals surface area contributed by atoms with Crippen molar-refractivity contribution in [3.63, 3.8) is 0 Å². The lowest BCUT2D eigenvalue weighted by atomic mass is 9.80. The molecule has 1 aliphatic carbocycles. The molecule has 0 atom stereocenters. The van der Waals surface area contributed by atoms with Crippen molar-refractivity contribution in [3.8, 4) is 0 Å². The molecule has 0 unspecified atom stereocenters. The summed E-state index contributed by atoms with van der Waals surface area (Å²) in [5, 5.41) is 0. The molecule has 2 aliphatic heterocycles. The van der Waals surface area contributed by atoms with Gasteiger partial charge in [-0.25, -0.2) is 4.39 Å². The summed E-state index contributed by atoms with van der Waals surface area (Å²) >= 11 is 0. The highest BCUT2D eigenvalue weighted by Crippen LogP contribution is 2.51. The summed E-state index contributed by atoms with van der Waals surface area (Å²) in [6.07, 6.45) is 4.13. The number of amides is 1. The molecule has 0 N–H and O–H groups in total. The highest BCUT2D eigenvalue weighted by atomic mass is 19.1. The third-order valence-corrected chi connectivity index (χ3v) is 6.05. The number of anilines is 1. The smallest absolute Gasteiger partial charge is 0.258 e. The summed E-state index contributed by atoms with van der Waals surface area (Å²) in [7, 11) is 0. The number of carbonyl (C=O) groups is 1. The quantitative estimate of drug-likeness (QED) is 0.775. The summed E-state index contributed by atoms with van der Waals surface area (Å²) in [4.78, 5) is 15.0. The zero-order chi connectivity index (χ0) is 17.0. The van der Waals surface area contributed by atoms with Gasteiger partial charge in [0.1, 0.15) is 5.82 Å². The Hall–Kier alpha value is -2.20. The van der Waals surface area contributed by atoms with Gasteiger partial charge in [0.15, 0.2) is 0 Å². The van der Waals surface area contributed by atoms with Crippen LogP contribution in [0.1, 0.15) is 52.7 Å². The van der Waals surface area contributed by atoms with Crippen molar-refractivity contribution in [1.29, 1.82) is 0 Å². The van der Waals surface area contributed by atoms with Crippen LogP contribution in [0, 0.1) is 5.82 Å². The summed E-state index contributed by atoms with van der Waals surface area (Å²) in [5.74, 6) is -0.206. The molecule has 0 bridgehead atoms. The van der Waals surface area contributed by atoms with Crippen LogP contribution in [0.3, 0.4) is 0 Å². The monoisotopic (exact) mass is 337 g/mol. The molecule has 0 aromatic heterocycles. The fourth-order valence-corrected chi connectivity index (χ4v) is 4.83. The van der Waals surface area contributed by atoms with Crippen molar-refractivity contribution in [2.45, 2.75) is 44.3 Å². The topological polar surface area (TPSA) is 29.5 Å². The van der Waals surface area contributed by atoms with Crippen molar-refractivity contribution in [3.05, 3.63) is 64.5 Å². The maximum Gasteiger partial charge on any atom is 0.258 e. The van der Waals surface area contributed by atoms with Gasteiger partial charge >= 0.3 is 0 Å². The van der Waals surface area contributed by atoms with E-state index in [1.807, 2.05) is 24.3 Å². The Labute approximate surface area is 146 Å². The summed E-state index contributed by atoms with van der Waals surface area (Å²) in [5.41, 5.74) is 4.20. The van der Waals surface area contributed by atoms with Crippen LogP contribution >= 0.6 is 0 Å². The van der Waals surface area contributed by atoms with Crippen molar-refractivity contribution in [2.24, 2.45) is 0 Å². The minimum atomic E-state index is -0.198. The van der Waals surface area contributed by atoms with E-state index in [1.54, 1.807) is 11.0 Å². The normalized spacial score (nSPS) is 20.1. The number of hydrogen-bond donors (Lipinski definition) is 0. The highest BCUT2D eigenvalue weighted by Gasteiger charge is 2.48. The molecule has 1 fully saturated rings. The maximum atomic E-state index is 14.7. The van der Waals surface area contributed by atoms with Crippen LogP contribution < -0.4 is 4.90 Å². The molecule has 4 heteroatoms. The molecule has 25 heavy (non-hydrogen) atoms. The molecule has 2 aromatic carbocycles. The predicted octanol–water partition coefficient (Wildman–Crippen LogP) is 4.33. The zero-order valence-electron chi connectivity index (χ0n) is 14.1. The molecule has 0 saturated heterocycles. The van der Waals surface area contributed by atoms with Gasteiger partial charge < -0.3 is 9.64 Å². The lowest BCUT2D eigenvalue weighted by molar-refractivity contribution is 0.0984. The van der Waals surface area contributed by atoms with Crippen molar-refractivity contribution < 1.29 is 13.9 Å². The van der Waals surface area contributed by atoms with Crippen molar-refractivity contribution in [2.75, 3.05) is 11.4 Å². The molecule has 1 saturated carbocycles. The molecule has 0 radical (unpaired) electrons. The molecular formula is C21H20FNO2. The fraction of sp³-hybridized carbons (Fsp3) is 0.381. The van der Waals surface area contributed by atoms with E-state index >= 15 is 0 Å². The van der Waals surface area contributed by atoms with E-state index in [2.05, 4.69) is 0 Å². The Morgan fingerprint density at radius 1 is 1.08 bits per heavy atom. The van der Waals surface area contributed by atoms with Gasteiger partial charge in [0, 0.05) is 23.1 Å². The first-order valence-electron chi connectivity index (χ1n) is 8.98. The Morgan fingerprint density at radius 2 is 1.88 bits per heavy atom. The Balaban J connectivity index is 1.57. The van der Waals surface area contributed by atoms with E-state index in [4.69, 9.17) is 4.74 Å². The number of halogens is 1. The summed E-state index contributed by atoms with van der Waals surface area (Å²) in [6, 6.07) is 10.9. The van der Waals surface area contributed by atoms with E-state index in [-0.39, 0.29) is 17.1 Å². The van der Waals surface area contributed by atoms with E-state index in [0.717, 1.165) is 48.1 Å². The number of fused-ring (bicyclic) bond motifs is 3. The van der Waals surface area contributed by atoms with E-state index in [9.17, 15) is 9.18 Å². The third kappa shape index (κ3) is 2.17. The Morgan fingerprint density at radius 3 is 2.72 bits per heavy atom. The molecule has 1 amide bonds. The lowest BCUT2D eigenvalue weighted by Crippen LogP contribution is -2.35. The van der Waals surface area contributed by atoms with Crippen LogP contribution in [-0.2, 0) is 23.4 Å². The number of carbonyl (C=O) groups excluding carboxylic acids is 1. The second kappa shape index (κ2) is 5.40. The van der Waals surface area contributed by atoms with Gasteiger partial charge in [-0.05, 0) is 48.2 Å². The van der Waals surface area contributed by atoms with Crippen LogP contribution in [0.5, 0.6) is 0 Å². The molecule has 2 heterocycles. The fourth-order valence-electron chi connectivity index (χ4n) is 4.83. The minimum absolute atomic E-state index is 0.0367. The van der Waals surface area contributed by atoms with Gasteiger partial charge in [-0.15, -0.1) is 0 Å². The first kappa shape index (κ1) is 15.1. The van der Waals surface area contributed by atoms with Crippen LogP contribution in [0.15, 0.2) is 36.4 Å². The van der Waals surface area contributed by atoms with Crippen LogP contribution in [0.2, 0.25) is 0 Å². The Kier molecular flexibility index (Phi) is 3.26. The average molecular weight is 337 g/mol. The molecule has 5 rings (SSSR count). The van der Waals surface area contributed by atoms with Crippen LogP contribution in [0.4, 0.5) is 10.1 Å². The van der Waals surface area contributed by atoms with Crippen LogP contribution in [-0.4, -0.2) is 12.5 Å². The van der Waals surface area contributed by atoms with Gasteiger partial charge in [0.05, 0.1) is 18.9 Å². The molecule has 1 spiro atoms. The Bertz CT molecular complexity index is 870. The lowest BCUT2D eigenvalue weighted by Gasteiger charge is -2.25. The number of nitrogens with zero attached hydrogens (tertiary/aromatic N) is 1. The van der Waals surface area contributed by atoms with E-state index in [0.29, 0.717) is 25.3 Å². The minimum Gasteiger partial charge on any atom is -0.372 e. The number of ether oxygens (including phenoxy) is 1. The second-order valence-corrected chi connectivity index (χ2v) is 7.49. The van der Waals surface area contributed by atoms with Gasteiger partial charge in [-0.2, -0.15) is 0 Å². The maximum absolute atomic E-state index is 14.7. The van der Waals surface area contributed by atoms with Crippen molar-refractivity contribution >= 4 is 11.6 Å². The zero-order valence-corrected chi connectivity index (χ0v) is 14.1. The first-order chi connectivity index (χ1) is 12.2. The number of hydrogen-bond acceptors (Lipinski definition) is 2. The molecule has 3 aliphatic rings. The van der Waals surface area contributed by atoms with Gasteiger partial charge in [0.25, 0.3) is 5.91 Å². The largest absolute Gasteiger partial charge is 0.372 e. The molecule has 2 aromatic rings. The summed E-state index contributed by atoms with van der Waals surface area (Å²) in [6.45, 7) is 1.77. The summed E-state index contributed by atoms with van der Waals surface area (Å²) < 4.78 is 20.1. The van der Waals surface area contributed by atoms with Crippen molar-refractivity contribution in [1.82, 2.24) is 0 Å². The van der Waals surface area contributed by atoms with Gasteiger partial charge in [0.2, 0.25) is 0 Å². The predicted molar refractivity (Wildman–Crippen MR) is 93.2 cm³/mol. The SMILES string of the molecule is O=C(c1ccc2c(c1)COC2)N1CC2(CCCC2)c2c(F)cccc21. The molecule has 3 nitrogen and oxygen atoms in total. The number of benzene rings is 2. The highest BCUT2D eigenvalue weighted by molar-refractivity contribution is 6.08. The second-order valence-electron chi connectivity index (χ2n) is 7.49. The first-order valence-corrected chi connectivity index (χ1v) is 8.98. The van der Waals surface area contributed by atoms with Gasteiger partial charge in [-0.3, -0.25) is 4.79 Å².